The highest BCUT2D eigenvalue weighted by atomic mass is 32.2. The molecule has 0 saturated carbocycles. The topological polar surface area (TPSA) is 84.5 Å². The molecule has 1 unspecified atom stereocenters. The van der Waals surface area contributed by atoms with Crippen molar-refractivity contribution in [1.29, 1.82) is 0 Å². The summed E-state index contributed by atoms with van der Waals surface area (Å²) in [6.45, 7) is 6.40. The van der Waals surface area contributed by atoms with E-state index in [9.17, 15) is 13.2 Å². The quantitative estimate of drug-likeness (QED) is 0.682. The van der Waals surface area contributed by atoms with E-state index >= 15 is 0 Å². The Kier molecular flexibility index (Phi) is 7.24. The number of hydrogen-bond acceptors (Lipinski definition) is 4. The first-order valence-corrected chi connectivity index (χ1v) is 10.5. The molecule has 1 atom stereocenters. The number of ether oxygens (including phenoxy) is 1. The van der Waals surface area contributed by atoms with Crippen molar-refractivity contribution in [2.45, 2.75) is 44.6 Å². The van der Waals surface area contributed by atoms with Crippen LogP contribution >= 0.6 is 0 Å². The van der Waals surface area contributed by atoms with Gasteiger partial charge in [-0.2, -0.15) is 0 Å². The third-order valence-corrected chi connectivity index (χ3v) is 5.34. The summed E-state index contributed by atoms with van der Waals surface area (Å²) in [4.78, 5) is 12.3. The number of nitrogens with one attached hydrogen (secondary N) is 2. The van der Waals surface area contributed by atoms with Gasteiger partial charge >= 0.3 is 0 Å². The number of rotatable bonds is 9. The van der Waals surface area contributed by atoms with Gasteiger partial charge in [-0.25, -0.2) is 8.42 Å². The lowest BCUT2D eigenvalue weighted by atomic mass is 10.1. The van der Waals surface area contributed by atoms with Crippen LogP contribution in [0.3, 0.4) is 0 Å². The number of hydrogen-bond donors (Lipinski definition) is 2. The zero-order valence-corrected chi connectivity index (χ0v) is 16.7. The molecule has 6 nitrogen and oxygen atoms in total. The molecule has 2 N–H and O–H groups in total. The molecule has 2 rings (SSSR count). The maximum atomic E-state index is 12.5. The maximum Gasteiger partial charge on any atom is 0.261 e. The van der Waals surface area contributed by atoms with Crippen molar-refractivity contribution in [3.05, 3.63) is 54.1 Å². The van der Waals surface area contributed by atoms with Crippen LogP contribution < -0.4 is 14.8 Å². The van der Waals surface area contributed by atoms with Crippen molar-refractivity contribution in [2.75, 3.05) is 11.3 Å². The normalized spacial score (nSPS) is 12.3. The van der Waals surface area contributed by atoms with Gasteiger partial charge in [0.05, 0.1) is 11.5 Å². The van der Waals surface area contributed by atoms with Gasteiger partial charge in [0, 0.05) is 17.3 Å². The molecular weight excluding hydrogens is 364 g/mol. The minimum absolute atomic E-state index is 0.0975. The molecule has 2 aromatic carbocycles. The van der Waals surface area contributed by atoms with Gasteiger partial charge in [-0.3, -0.25) is 9.52 Å². The van der Waals surface area contributed by atoms with E-state index in [0.717, 1.165) is 12.8 Å². The molecule has 0 radical (unpaired) electrons. The average molecular weight is 391 g/mol. The van der Waals surface area contributed by atoms with Gasteiger partial charge in [0.15, 0.2) is 0 Å². The van der Waals surface area contributed by atoms with Crippen LogP contribution in [-0.4, -0.2) is 27.0 Å². The highest BCUT2D eigenvalue weighted by Gasteiger charge is 2.15. The maximum absolute atomic E-state index is 12.5. The molecule has 7 heteroatoms. The van der Waals surface area contributed by atoms with Crippen LogP contribution in [0.2, 0.25) is 0 Å². The second-order valence-corrected chi connectivity index (χ2v) is 7.93. The molecular formula is C20H26N2O4S. The second kappa shape index (κ2) is 9.41. The van der Waals surface area contributed by atoms with E-state index in [-0.39, 0.29) is 16.8 Å². The van der Waals surface area contributed by atoms with Gasteiger partial charge < -0.3 is 10.1 Å². The fraction of sp³-hybridized carbons (Fsp3) is 0.350. The van der Waals surface area contributed by atoms with Gasteiger partial charge in [-0.05, 0) is 68.8 Å². The summed E-state index contributed by atoms with van der Waals surface area (Å²) in [5.74, 6) is 0.445. The Bertz CT molecular complexity index is 847. The van der Waals surface area contributed by atoms with E-state index in [1.807, 2.05) is 13.8 Å². The third-order valence-electron chi connectivity index (χ3n) is 3.94. The van der Waals surface area contributed by atoms with E-state index in [1.54, 1.807) is 36.4 Å². The number of benzene rings is 2. The molecule has 0 heterocycles. The molecule has 0 aliphatic carbocycles. The van der Waals surface area contributed by atoms with Gasteiger partial charge in [-0.1, -0.05) is 13.3 Å². The third kappa shape index (κ3) is 5.99. The van der Waals surface area contributed by atoms with Crippen molar-refractivity contribution < 1.29 is 17.9 Å². The van der Waals surface area contributed by atoms with Crippen LogP contribution in [0, 0.1) is 0 Å². The van der Waals surface area contributed by atoms with Crippen molar-refractivity contribution in [3.8, 4) is 5.75 Å². The first kappa shape index (κ1) is 20.8. The molecule has 27 heavy (non-hydrogen) atoms. The van der Waals surface area contributed by atoms with Crippen LogP contribution in [0.4, 0.5) is 5.69 Å². The predicted molar refractivity (Wildman–Crippen MR) is 107 cm³/mol. The highest BCUT2D eigenvalue weighted by Crippen LogP contribution is 2.19. The van der Waals surface area contributed by atoms with Gasteiger partial charge in [0.25, 0.3) is 15.9 Å². The van der Waals surface area contributed by atoms with Crippen molar-refractivity contribution >= 4 is 21.6 Å². The van der Waals surface area contributed by atoms with Crippen LogP contribution in [-0.2, 0) is 10.0 Å². The summed E-state index contributed by atoms with van der Waals surface area (Å²) in [6.07, 6.45) is 1.90. The number of sulfonamides is 1. The first-order chi connectivity index (χ1) is 12.9. The SMILES string of the molecule is CCCC(C)NC(=O)c1ccc(NS(=O)(=O)c2ccc(OCC)cc2)cc1. The van der Waals surface area contributed by atoms with Crippen molar-refractivity contribution in [1.82, 2.24) is 5.32 Å². The fourth-order valence-electron chi connectivity index (χ4n) is 2.60. The van der Waals surface area contributed by atoms with E-state index in [0.29, 0.717) is 23.6 Å². The molecule has 0 aliphatic rings. The lowest BCUT2D eigenvalue weighted by Crippen LogP contribution is -2.32. The zero-order valence-electron chi connectivity index (χ0n) is 15.9. The summed E-state index contributed by atoms with van der Waals surface area (Å²) in [5.41, 5.74) is 0.879. The van der Waals surface area contributed by atoms with Crippen LogP contribution in [0.25, 0.3) is 0 Å². The number of amides is 1. The van der Waals surface area contributed by atoms with Crippen molar-refractivity contribution in [2.24, 2.45) is 0 Å². The lowest BCUT2D eigenvalue weighted by molar-refractivity contribution is 0.0938. The minimum Gasteiger partial charge on any atom is -0.494 e. The monoisotopic (exact) mass is 390 g/mol. The highest BCUT2D eigenvalue weighted by molar-refractivity contribution is 7.92. The Morgan fingerprint density at radius 1 is 1.04 bits per heavy atom. The molecule has 0 spiro atoms. The molecule has 146 valence electrons. The van der Waals surface area contributed by atoms with Gasteiger partial charge in [0.1, 0.15) is 5.75 Å². The number of carbonyl (C=O) groups excluding carboxylic acids is 1. The van der Waals surface area contributed by atoms with Crippen LogP contribution in [0.5, 0.6) is 5.75 Å². The summed E-state index contributed by atoms with van der Waals surface area (Å²) in [7, 11) is -3.71. The smallest absolute Gasteiger partial charge is 0.261 e. The summed E-state index contributed by atoms with van der Waals surface area (Å²) >= 11 is 0. The molecule has 0 aliphatic heterocycles. The van der Waals surface area contributed by atoms with Crippen LogP contribution in [0.15, 0.2) is 53.4 Å². The van der Waals surface area contributed by atoms with Gasteiger partial charge in [0.2, 0.25) is 0 Å². The molecule has 1 amide bonds. The van der Waals surface area contributed by atoms with E-state index < -0.39 is 10.0 Å². The Labute approximate surface area is 161 Å². The van der Waals surface area contributed by atoms with Gasteiger partial charge in [-0.15, -0.1) is 0 Å². The molecule has 0 bridgehead atoms. The summed E-state index contributed by atoms with van der Waals surface area (Å²) in [5, 5.41) is 2.92. The van der Waals surface area contributed by atoms with E-state index in [4.69, 9.17) is 4.74 Å². The Morgan fingerprint density at radius 2 is 1.67 bits per heavy atom. The lowest BCUT2D eigenvalue weighted by Gasteiger charge is -2.13. The first-order valence-electron chi connectivity index (χ1n) is 9.02. The van der Waals surface area contributed by atoms with Crippen LogP contribution in [0.1, 0.15) is 44.0 Å². The van der Waals surface area contributed by atoms with E-state index in [2.05, 4.69) is 17.0 Å². The standard InChI is InChI=1S/C20H26N2O4S/c1-4-6-15(3)21-20(23)16-7-9-17(10-8-16)22-27(24,25)19-13-11-18(12-14-19)26-5-2/h7-15,22H,4-6H2,1-3H3,(H,21,23). The fourth-order valence-corrected chi connectivity index (χ4v) is 3.66. The largest absolute Gasteiger partial charge is 0.494 e. The van der Waals surface area contributed by atoms with Crippen molar-refractivity contribution in [3.63, 3.8) is 0 Å². The summed E-state index contributed by atoms with van der Waals surface area (Å²) < 4.78 is 32.8. The second-order valence-electron chi connectivity index (χ2n) is 6.25. The molecule has 0 aromatic heterocycles. The Hall–Kier alpha value is -2.54. The average Bonchev–Trinajstić information content (AvgIpc) is 2.63. The summed E-state index contributed by atoms with van der Waals surface area (Å²) in [6, 6.07) is 12.7. The molecule has 2 aromatic rings. The van der Waals surface area contributed by atoms with E-state index in [1.165, 1.54) is 12.1 Å². The number of carbonyl (C=O) groups is 1. The Balaban J connectivity index is 2.05. The molecule has 0 saturated heterocycles. The molecule has 0 fully saturated rings. The minimum atomic E-state index is -3.71. The zero-order chi connectivity index (χ0) is 19.9. The predicted octanol–water partition coefficient (Wildman–Crippen LogP) is 3.80. The Morgan fingerprint density at radius 3 is 2.22 bits per heavy atom. The number of anilines is 1.